The summed E-state index contributed by atoms with van der Waals surface area (Å²) in [7, 11) is 0. The Labute approximate surface area is 205 Å². The second kappa shape index (κ2) is 9.47. The number of nitrogens with zero attached hydrogens (tertiary/aromatic N) is 1. The number of ether oxygens (including phenoxy) is 1. The van der Waals surface area contributed by atoms with Crippen LogP contribution in [0.5, 0.6) is 0 Å². The van der Waals surface area contributed by atoms with Gasteiger partial charge in [-0.05, 0) is 107 Å². The maximum absolute atomic E-state index is 12.6. The molecule has 4 nitrogen and oxygen atoms in total. The molecule has 0 radical (unpaired) electrons. The Bertz CT molecular complexity index is 1060. The summed E-state index contributed by atoms with van der Waals surface area (Å²) >= 11 is 0. The van der Waals surface area contributed by atoms with Gasteiger partial charge in [0.1, 0.15) is 0 Å². The summed E-state index contributed by atoms with van der Waals surface area (Å²) in [5.74, 6) is -0.117. The van der Waals surface area contributed by atoms with E-state index in [-0.39, 0.29) is 0 Å². The molecule has 1 saturated carbocycles. The van der Waals surface area contributed by atoms with Gasteiger partial charge in [-0.15, -0.1) is 0 Å². The van der Waals surface area contributed by atoms with Crippen LogP contribution >= 0.6 is 0 Å². The number of aryl methyl sites for hydroxylation is 1. The van der Waals surface area contributed by atoms with E-state index in [1.165, 1.54) is 41.5 Å². The largest absolute Gasteiger partial charge is 0.479 e. The van der Waals surface area contributed by atoms with Gasteiger partial charge >= 0.3 is 5.97 Å². The molecule has 2 aromatic carbocycles. The minimum Gasteiger partial charge on any atom is -0.479 e. The summed E-state index contributed by atoms with van der Waals surface area (Å²) in [4.78, 5) is 15.2. The Kier molecular flexibility index (Phi) is 6.94. The fourth-order valence-electron chi connectivity index (χ4n) is 6.07. The van der Waals surface area contributed by atoms with Gasteiger partial charge in [-0.2, -0.15) is 0 Å². The van der Waals surface area contributed by atoms with Crippen LogP contribution in [0.2, 0.25) is 0 Å². The van der Waals surface area contributed by atoms with Crippen molar-refractivity contribution >= 4 is 5.97 Å². The molecular formula is C30H41NO3. The molecule has 1 aliphatic heterocycles. The minimum atomic E-state index is -1.01. The van der Waals surface area contributed by atoms with Gasteiger partial charge in [0.25, 0.3) is 0 Å². The predicted octanol–water partition coefficient (Wildman–Crippen LogP) is 6.77. The molecule has 184 valence electrons. The molecule has 34 heavy (non-hydrogen) atoms. The molecule has 0 amide bonds. The first-order valence-electron chi connectivity index (χ1n) is 12.8. The number of rotatable bonds is 5. The molecule has 1 fully saturated rings. The average molecular weight is 464 g/mol. The topological polar surface area (TPSA) is 49.8 Å². The number of fused-ring (bicyclic) bond motifs is 1. The van der Waals surface area contributed by atoms with Crippen LogP contribution < -0.4 is 0 Å². The summed E-state index contributed by atoms with van der Waals surface area (Å²) in [6.45, 7) is 16.5. The third-order valence-corrected chi connectivity index (χ3v) is 7.81. The quantitative estimate of drug-likeness (QED) is 0.532. The van der Waals surface area contributed by atoms with E-state index in [0.717, 1.165) is 47.7 Å². The number of hydrogen-bond donors (Lipinski definition) is 1. The Morgan fingerprint density at radius 3 is 2.29 bits per heavy atom. The lowest BCUT2D eigenvalue weighted by Crippen LogP contribution is -2.39. The molecule has 0 bridgehead atoms. The second-order valence-electron chi connectivity index (χ2n) is 11.6. The summed E-state index contributed by atoms with van der Waals surface area (Å²) in [5, 5.41) is 10.3. The van der Waals surface area contributed by atoms with Crippen molar-refractivity contribution in [1.29, 1.82) is 0 Å². The first-order valence-corrected chi connectivity index (χ1v) is 12.8. The van der Waals surface area contributed by atoms with Gasteiger partial charge in [0.2, 0.25) is 0 Å². The van der Waals surface area contributed by atoms with Gasteiger partial charge in [0.15, 0.2) is 6.10 Å². The fraction of sp³-hybridized carbons (Fsp3) is 0.567. The van der Waals surface area contributed by atoms with Crippen LogP contribution in [-0.4, -0.2) is 34.2 Å². The van der Waals surface area contributed by atoms with Gasteiger partial charge in [0.05, 0.1) is 5.60 Å². The third kappa shape index (κ3) is 4.94. The molecule has 1 heterocycles. The van der Waals surface area contributed by atoms with Crippen LogP contribution in [-0.2, 0) is 22.5 Å². The van der Waals surface area contributed by atoms with Crippen molar-refractivity contribution in [2.75, 3.05) is 6.54 Å². The highest BCUT2D eigenvalue weighted by Crippen LogP contribution is 2.43. The van der Waals surface area contributed by atoms with Crippen LogP contribution in [0.3, 0.4) is 0 Å². The molecule has 4 rings (SSSR count). The molecular weight excluding hydrogens is 422 g/mol. The van der Waals surface area contributed by atoms with Crippen LogP contribution in [0.25, 0.3) is 11.1 Å². The van der Waals surface area contributed by atoms with Gasteiger partial charge in [-0.1, -0.05) is 36.8 Å². The SMILES string of the molecule is Cc1ccc(-c2c(C)c3c(c(C)c2[C@H](OC(C)(C)C)C(=O)O)CCN(C2CC[C@@H](C)C2)C3)cc1. The zero-order valence-corrected chi connectivity index (χ0v) is 22.0. The fourth-order valence-corrected chi connectivity index (χ4v) is 6.07. The van der Waals surface area contributed by atoms with E-state index in [4.69, 9.17) is 4.74 Å². The van der Waals surface area contributed by atoms with E-state index in [0.29, 0.717) is 6.04 Å². The van der Waals surface area contributed by atoms with Crippen molar-refractivity contribution in [1.82, 2.24) is 4.90 Å². The lowest BCUT2D eigenvalue weighted by atomic mass is 9.80. The third-order valence-electron chi connectivity index (χ3n) is 7.81. The highest BCUT2D eigenvalue weighted by atomic mass is 16.5. The van der Waals surface area contributed by atoms with E-state index in [9.17, 15) is 9.90 Å². The lowest BCUT2D eigenvalue weighted by Gasteiger charge is -2.38. The number of carbonyl (C=O) groups is 1. The Hall–Kier alpha value is -2.17. The second-order valence-corrected chi connectivity index (χ2v) is 11.6. The zero-order chi connectivity index (χ0) is 24.8. The molecule has 1 aliphatic carbocycles. The monoisotopic (exact) mass is 463 g/mol. The van der Waals surface area contributed by atoms with Crippen molar-refractivity contribution in [2.45, 2.75) is 98.4 Å². The summed E-state index contributed by atoms with van der Waals surface area (Å²) in [5.41, 5.74) is 8.57. The predicted molar refractivity (Wildman–Crippen MR) is 138 cm³/mol. The van der Waals surface area contributed by atoms with E-state index < -0.39 is 17.7 Å². The molecule has 2 aromatic rings. The highest BCUT2D eigenvalue weighted by Gasteiger charge is 2.36. The van der Waals surface area contributed by atoms with E-state index >= 15 is 0 Å². The van der Waals surface area contributed by atoms with Gasteiger partial charge in [-0.3, -0.25) is 4.90 Å². The van der Waals surface area contributed by atoms with Crippen LogP contribution in [0.15, 0.2) is 24.3 Å². The highest BCUT2D eigenvalue weighted by molar-refractivity contribution is 5.84. The van der Waals surface area contributed by atoms with Crippen molar-refractivity contribution in [3.63, 3.8) is 0 Å². The molecule has 0 aromatic heterocycles. The van der Waals surface area contributed by atoms with Gasteiger partial charge in [-0.25, -0.2) is 4.79 Å². The minimum absolute atomic E-state index is 0.570. The summed E-state index contributed by atoms with van der Waals surface area (Å²) in [6.07, 6.45) is 3.86. The van der Waals surface area contributed by atoms with Crippen molar-refractivity contribution < 1.29 is 14.6 Å². The smallest absolute Gasteiger partial charge is 0.337 e. The van der Waals surface area contributed by atoms with E-state index in [2.05, 4.69) is 56.9 Å². The van der Waals surface area contributed by atoms with Crippen molar-refractivity contribution in [3.05, 3.63) is 57.6 Å². The molecule has 2 aliphatic rings. The summed E-state index contributed by atoms with van der Waals surface area (Å²) < 4.78 is 6.20. The maximum Gasteiger partial charge on any atom is 0.337 e. The number of aliphatic carboxylic acids is 1. The number of hydrogen-bond acceptors (Lipinski definition) is 3. The molecule has 0 spiro atoms. The number of benzene rings is 2. The molecule has 1 unspecified atom stereocenters. The standard InChI is InChI=1S/C30H41NO3/c1-18-8-11-22(12-9-18)26-21(4)25-17-31(23-13-10-19(2)16-23)15-14-24(25)20(3)27(26)28(29(32)33)34-30(5,6)7/h8-9,11-12,19,23,28H,10,13-17H2,1-7H3,(H,32,33)/t19-,23?,28+/m1/s1. The Morgan fingerprint density at radius 2 is 1.74 bits per heavy atom. The molecule has 3 atom stereocenters. The van der Waals surface area contributed by atoms with E-state index in [1.807, 2.05) is 20.8 Å². The zero-order valence-electron chi connectivity index (χ0n) is 22.0. The maximum atomic E-state index is 12.6. The number of carboxylic acids is 1. The van der Waals surface area contributed by atoms with Crippen molar-refractivity contribution in [2.24, 2.45) is 5.92 Å². The molecule has 1 N–H and O–H groups in total. The first-order chi connectivity index (χ1) is 16.0. The van der Waals surface area contributed by atoms with Gasteiger partial charge in [0, 0.05) is 24.7 Å². The molecule has 4 heteroatoms. The lowest BCUT2D eigenvalue weighted by molar-refractivity contribution is -0.160. The first kappa shape index (κ1) is 24.9. The average Bonchev–Trinajstić information content (AvgIpc) is 3.20. The van der Waals surface area contributed by atoms with Gasteiger partial charge < -0.3 is 9.84 Å². The molecule has 0 saturated heterocycles. The number of carboxylic acid groups (broad SMARTS) is 1. The summed E-state index contributed by atoms with van der Waals surface area (Å²) in [6, 6.07) is 9.14. The Balaban J connectivity index is 1.89. The van der Waals surface area contributed by atoms with E-state index in [1.54, 1.807) is 0 Å². The normalized spacial score (nSPS) is 22.0. The van der Waals surface area contributed by atoms with Crippen LogP contribution in [0, 0.1) is 26.7 Å². The van der Waals surface area contributed by atoms with Crippen LogP contribution in [0.1, 0.15) is 86.4 Å². The Morgan fingerprint density at radius 1 is 1.06 bits per heavy atom. The van der Waals surface area contributed by atoms with Crippen molar-refractivity contribution in [3.8, 4) is 11.1 Å². The van der Waals surface area contributed by atoms with Crippen LogP contribution in [0.4, 0.5) is 0 Å².